The maximum absolute atomic E-state index is 11.8. The SMILES string of the molecule is COCCN(C(=O)NCCCCC(=O)O)C(C)C. The van der Waals surface area contributed by atoms with Crippen LogP contribution in [0.3, 0.4) is 0 Å². The Morgan fingerprint density at radius 3 is 2.50 bits per heavy atom. The van der Waals surface area contributed by atoms with Crippen molar-refractivity contribution in [2.45, 2.75) is 39.2 Å². The number of hydrogen-bond donors (Lipinski definition) is 2. The zero-order valence-electron chi connectivity index (χ0n) is 11.4. The van der Waals surface area contributed by atoms with Crippen molar-refractivity contribution in [3.63, 3.8) is 0 Å². The molecule has 0 aliphatic rings. The number of unbranched alkanes of at least 4 members (excludes halogenated alkanes) is 1. The molecule has 0 bridgehead atoms. The standard InChI is InChI=1S/C12H24N2O4/c1-10(2)14(8-9-18-3)12(17)13-7-5-4-6-11(15)16/h10H,4-9H2,1-3H3,(H,13,17)(H,15,16). The Bertz CT molecular complexity index is 256. The van der Waals surface area contributed by atoms with E-state index in [4.69, 9.17) is 9.84 Å². The molecular weight excluding hydrogens is 236 g/mol. The van der Waals surface area contributed by atoms with Gasteiger partial charge in [0.05, 0.1) is 6.61 Å². The molecule has 0 aliphatic heterocycles. The van der Waals surface area contributed by atoms with Gasteiger partial charge in [0.2, 0.25) is 0 Å². The van der Waals surface area contributed by atoms with Crippen LogP contribution in [0.2, 0.25) is 0 Å². The topological polar surface area (TPSA) is 78.9 Å². The zero-order valence-corrected chi connectivity index (χ0v) is 11.4. The highest BCUT2D eigenvalue weighted by atomic mass is 16.5. The van der Waals surface area contributed by atoms with Crippen molar-refractivity contribution in [3.8, 4) is 0 Å². The third-order valence-electron chi connectivity index (χ3n) is 2.51. The van der Waals surface area contributed by atoms with Crippen molar-refractivity contribution in [2.24, 2.45) is 0 Å². The lowest BCUT2D eigenvalue weighted by Crippen LogP contribution is -2.45. The highest BCUT2D eigenvalue weighted by molar-refractivity contribution is 5.74. The maximum atomic E-state index is 11.8. The highest BCUT2D eigenvalue weighted by Crippen LogP contribution is 1.99. The molecule has 0 spiro atoms. The fourth-order valence-corrected chi connectivity index (χ4v) is 1.48. The lowest BCUT2D eigenvalue weighted by atomic mass is 10.2. The van der Waals surface area contributed by atoms with Crippen molar-refractivity contribution in [2.75, 3.05) is 26.8 Å². The van der Waals surface area contributed by atoms with Crippen LogP contribution in [0.1, 0.15) is 33.1 Å². The van der Waals surface area contributed by atoms with Gasteiger partial charge in [0.15, 0.2) is 0 Å². The first kappa shape index (κ1) is 16.7. The summed E-state index contributed by atoms with van der Waals surface area (Å²) in [5.74, 6) is -0.801. The number of carbonyl (C=O) groups excluding carboxylic acids is 1. The summed E-state index contributed by atoms with van der Waals surface area (Å²) in [6.07, 6.45) is 1.40. The molecule has 2 N–H and O–H groups in total. The largest absolute Gasteiger partial charge is 0.481 e. The number of carbonyl (C=O) groups is 2. The molecule has 0 atom stereocenters. The number of ether oxygens (including phenoxy) is 1. The summed E-state index contributed by atoms with van der Waals surface area (Å²) in [4.78, 5) is 23.8. The van der Waals surface area contributed by atoms with Gasteiger partial charge in [-0.15, -0.1) is 0 Å². The van der Waals surface area contributed by atoms with Gasteiger partial charge in [0.25, 0.3) is 0 Å². The summed E-state index contributed by atoms with van der Waals surface area (Å²) < 4.78 is 4.96. The van der Waals surface area contributed by atoms with E-state index in [1.807, 2.05) is 13.8 Å². The summed E-state index contributed by atoms with van der Waals surface area (Å²) in [6.45, 7) is 5.45. The number of urea groups is 1. The fraction of sp³-hybridized carbons (Fsp3) is 0.833. The summed E-state index contributed by atoms with van der Waals surface area (Å²) in [5.41, 5.74) is 0. The van der Waals surface area contributed by atoms with Crippen LogP contribution in [0.5, 0.6) is 0 Å². The van der Waals surface area contributed by atoms with Crippen molar-refractivity contribution < 1.29 is 19.4 Å². The molecule has 0 aliphatic carbocycles. The fourth-order valence-electron chi connectivity index (χ4n) is 1.48. The summed E-state index contributed by atoms with van der Waals surface area (Å²) >= 11 is 0. The van der Waals surface area contributed by atoms with Crippen LogP contribution < -0.4 is 5.32 Å². The van der Waals surface area contributed by atoms with E-state index in [1.54, 1.807) is 12.0 Å². The van der Waals surface area contributed by atoms with Gasteiger partial charge in [-0.2, -0.15) is 0 Å². The Morgan fingerprint density at radius 2 is 2.00 bits per heavy atom. The van der Waals surface area contributed by atoms with E-state index in [9.17, 15) is 9.59 Å². The van der Waals surface area contributed by atoms with Gasteiger partial charge in [-0.25, -0.2) is 4.79 Å². The lowest BCUT2D eigenvalue weighted by Gasteiger charge is -2.26. The first-order valence-corrected chi connectivity index (χ1v) is 6.24. The van der Waals surface area contributed by atoms with Crippen LogP contribution in [0.15, 0.2) is 0 Å². The molecule has 0 aromatic heterocycles. The van der Waals surface area contributed by atoms with Gasteiger partial charge in [-0.05, 0) is 26.7 Å². The number of nitrogens with one attached hydrogen (secondary N) is 1. The predicted octanol–water partition coefficient (Wildman–Crippen LogP) is 1.31. The summed E-state index contributed by atoms with van der Waals surface area (Å²) in [5, 5.41) is 11.3. The van der Waals surface area contributed by atoms with Gasteiger partial charge in [-0.1, -0.05) is 0 Å². The average molecular weight is 260 g/mol. The Labute approximate surface area is 108 Å². The van der Waals surface area contributed by atoms with E-state index in [0.717, 1.165) is 0 Å². The monoisotopic (exact) mass is 260 g/mol. The molecule has 2 amide bonds. The maximum Gasteiger partial charge on any atom is 0.317 e. The smallest absolute Gasteiger partial charge is 0.317 e. The normalized spacial score (nSPS) is 10.4. The lowest BCUT2D eigenvalue weighted by molar-refractivity contribution is -0.137. The van der Waals surface area contributed by atoms with Gasteiger partial charge >= 0.3 is 12.0 Å². The van der Waals surface area contributed by atoms with E-state index in [-0.39, 0.29) is 18.5 Å². The van der Waals surface area contributed by atoms with E-state index >= 15 is 0 Å². The molecule has 0 aromatic carbocycles. The number of aliphatic carboxylic acids is 1. The molecule has 0 saturated heterocycles. The molecule has 6 heteroatoms. The Hall–Kier alpha value is -1.30. The molecule has 0 unspecified atom stereocenters. The summed E-state index contributed by atoms with van der Waals surface area (Å²) in [6, 6.07) is -0.0171. The van der Waals surface area contributed by atoms with E-state index < -0.39 is 5.97 Å². The van der Waals surface area contributed by atoms with Crippen LogP contribution in [0.4, 0.5) is 4.79 Å². The highest BCUT2D eigenvalue weighted by Gasteiger charge is 2.15. The van der Waals surface area contributed by atoms with Crippen molar-refractivity contribution >= 4 is 12.0 Å². The molecule has 0 fully saturated rings. The minimum atomic E-state index is -0.801. The Morgan fingerprint density at radius 1 is 1.33 bits per heavy atom. The summed E-state index contributed by atoms with van der Waals surface area (Å²) in [7, 11) is 1.60. The van der Waals surface area contributed by atoms with Crippen LogP contribution >= 0.6 is 0 Å². The number of methoxy groups -OCH3 is 1. The second-order valence-electron chi connectivity index (χ2n) is 4.36. The number of carboxylic acids is 1. The number of carboxylic acid groups (broad SMARTS) is 1. The molecule has 0 aromatic rings. The van der Waals surface area contributed by atoms with Crippen LogP contribution in [0.25, 0.3) is 0 Å². The molecular formula is C12H24N2O4. The second-order valence-corrected chi connectivity index (χ2v) is 4.36. The first-order chi connectivity index (χ1) is 8.49. The van der Waals surface area contributed by atoms with Crippen LogP contribution in [-0.2, 0) is 9.53 Å². The van der Waals surface area contributed by atoms with Crippen molar-refractivity contribution in [1.29, 1.82) is 0 Å². The molecule has 18 heavy (non-hydrogen) atoms. The van der Waals surface area contributed by atoms with E-state index in [1.165, 1.54) is 0 Å². The number of hydrogen-bond acceptors (Lipinski definition) is 3. The third-order valence-corrected chi connectivity index (χ3v) is 2.51. The van der Waals surface area contributed by atoms with E-state index in [0.29, 0.717) is 32.5 Å². The van der Waals surface area contributed by atoms with Gasteiger partial charge in [-0.3, -0.25) is 4.79 Å². The van der Waals surface area contributed by atoms with Gasteiger partial charge in [0, 0.05) is 32.7 Å². The molecule has 0 saturated carbocycles. The van der Waals surface area contributed by atoms with Gasteiger partial charge in [0.1, 0.15) is 0 Å². The Balaban J connectivity index is 3.85. The van der Waals surface area contributed by atoms with Crippen LogP contribution in [-0.4, -0.2) is 54.9 Å². The van der Waals surface area contributed by atoms with Gasteiger partial charge < -0.3 is 20.1 Å². The molecule has 0 heterocycles. The molecule has 6 nitrogen and oxygen atoms in total. The van der Waals surface area contributed by atoms with Crippen molar-refractivity contribution in [3.05, 3.63) is 0 Å². The second kappa shape index (κ2) is 9.70. The van der Waals surface area contributed by atoms with Crippen LogP contribution in [0, 0.1) is 0 Å². The molecule has 106 valence electrons. The minimum Gasteiger partial charge on any atom is -0.481 e. The number of nitrogens with zero attached hydrogens (tertiary/aromatic N) is 1. The third kappa shape index (κ3) is 7.89. The molecule has 0 radical (unpaired) electrons. The quantitative estimate of drug-likeness (QED) is 0.613. The molecule has 0 rings (SSSR count). The minimum absolute atomic E-state index is 0.110. The number of rotatable bonds is 9. The Kier molecular flexibility index (Phi) is 9.00. The number of amides is 2. The van der Waals surface area contributed by atoms with E-state index in [2.05, 4.69) is 5.32 Å². The van der Waals surface area contributed by atoms with Crippen molar-refractivity contribution in [1.82, 2.24) is 10.2 Å². The average Bonchev–Trinajstić information content (AvgIpc) is 2.28. The first-order valence-electron chi connectivity index (χ1n) is 6.24. The predicted molar refractivity (Wildman–Crippen MR) is 68.6 cm³/mol. The zero-order chi connectivity index (χ0) is 14.0.